The lowest BCUT2D eigenvalue weighted by molar-refractivity contribution is 0.406. The Morgan fingerprint density at radius 3 is 2.48 bits per heavy atom. The molecule has 0 N–H and O–H groups in total. The van der Waals surface area contributed by atoms with Crippen molar-refractivity contribution in [3.05, 3.63) is 46.1 Å². The topological polar surface area (TPSA) is 50.3 Å². The van der Waals surface area contributed by atoms with Crippen molar-refractivity contribution in [3.63, 3.8) is 0 Å². The first-order chi connectivity index (χ1) is 9.95. The van der Waals surface area contributed by atoms with Crippen LogP contribution >= 0.6 is 22.9 Å². The molecular formula is C14H17ClN2O2S2. The molecule has 0 saturated heterocycles. The fraction of sp³-hybridized carbons (Fsp3) is 0.357. The number of hydrogen-bond acceptors (Lipinski definition) is 4. The molecule has 2 rings (SSSR count). The standard InChI is InChI=1S/C14H17ClN2O2S2/c1-3-9-17(10-12-7-5-4-6-8-12)21(18,19)13-11(2)16-14(15)20-13/h4-8H,3,9-10H2,1-2H3. The molecule has 0 saturated carbocycles. The van der Waals surface area contributed by atoms with Crippen molar-refractivity contribution in [2.45, 2.75) is 31.0 Å². The zero-order valence-electron chi connectivity index (χ0n) is 11.9. The Labute approximate surface area is 134 Å². The van der Waals surface area contributed by atoms with E-state index in [9.17, 15) is 8.42 Å². The minimum absolute atomic E-state index is 0.233. The summed E-state index contributed by atoms with van der Waals surface area (Å²) >= 11 is 6.85. The van der Waals surface area contributed by atoms with Crippen LogP contribution in [0.1, 0.15) is 24.6 Å². The van der Waals surface area contributed by atoms with Gasteiger partial charge in [0.05, 0.1) is 5.69 Å². The van der Waals surface area contributed by atoms with E-state index in [1.54, 1.807) is 6.92 Å². The molecule has 0 fully saturated rings. The third-order valence-corrected chi connectivity index (χ3v) is 6.67. The molecule has 0 spiro atoms. The predicted octanol–water partition coefficient (Wildman–Crippen LogP) is 3.71. The van der Waals surface area contributed by atoms with Crippen LogP contribution in [-0.2, 0) is 16.6 Å². The molecule has 0 aliphatic rings. The SMILES string of the molecule is CCCN(Cc1ccccc1)S(=O)(=O)c1sc(Cl)nc1C. The molecule has 0 radical (unpaired) electrons. The fourth-order valence-electron chi connectivity index (χ4n) is 2.03. The van der Waals surface area contributed by atoms with E-state index in [0.717, 1.165) is 23.3 Å². The summed E-state index contributed by atoms with van der Waals surface area (Å²) in [7, 11) is -3.57. The van der Waals surface area contributed by atoms with Crippen molar-refractivity contribution in [3.8, 4) is 0 Å². The van der Waals surface area contributed by atoms with Crippen LogP contribution in [0, 0.1) is 6.92 Å². The van der Waals surface area contributed by atoms with Crippen LogP contribution in [0.15, 0.2) is 34.5 Å². The van der Waals surface area contributed by atoms with Crippen molar-refractivity contribution in [2.75, 3.05) is 6.54 Å². The summed E-state index contributed by atoms with van der Waals surface area (Å²) in [6.45, 7) is 4.44. The zero-order valence-corrected chi connectivity index (χ0v) is 14.3. The first-order valence-corrected chi connectivity index (χ1v) is 9.25. The van der Waals surface area contributed by atoms with Crippen LogP contribution in [0.4, 0.5) is 0 Å². The molecule has 1 heterocycles. The molecule has 1 aromatic carbocycles. The van der Waals surface area contributed by atoms with Gasteiger partial charge in [0.1, 0.15) is 0 Å². The van der Waals surface area contributed by atoms with Crippen LogP contribution in [0.5, 0.6) is 0 Å². The second kappa shape index (κ2) is 6.87. The van der Waals surface area contributed by atoms with Gasteiger partial charge in [0.2, 0.25) is 0 Å². The van der Waals surface area contributed by atoms with Crippen LogP contribution in [0.2, 0.25) is 4.47 Å². The van der Waals surface area contributed by atoms with E-state index in [-0.39, 0.29) is 8.68 Å². The van der Waals surface area contributed by atoms with Gasteiger partial charge >= 0.3 is 0 Å². The third kappa shape index (κ3) is 3.83. The number of aromatic nitrogens is 1. The Kier molecular flexibility index (Phi) is 5.37. The van der Waals surface area contributed by atoms with Gasteiger partial charge in [-0.25, -0.2) is 13.4 Å². The van der Waals surface area contributed by atoms with Gasteiger partial charge in [0.25, 0.3) is 10.0 Å². The van der Waals surface area contributed by atoms with Gasteiger partial charge in [-0.3, -0.25) is 0 Å². The number of nitrogens with zero attached hydrogens (tertiary/aromatic N) is 2. The van der Waals surface area contributed by atoms with Gasteiger partial charge in [-0.1, -0.05) is 60.2 Å². The second-order valence-corrected chi connectivity index (χ2v) is 8.38. The lowest BCUT2D eigenvalue weighted by Crippen LogP contribution is -2.31. The van der Waals surface area contributed by atoms with Crippen LogP contribution in [0.25, 0.3) is 0 Å². The third-order valence-electron chi connectivity index (χ3n) is 2.98. The Bertz CT molecular complexity index is 699. The number of benzene rings is 1. The Morgan fingerprint density at radius 1 is 1.29 bits per heavy atom. The van der Waals surface area contributed by atoms with Crippen LogP contribution in [-0.4, -0.2) is 24.3 Å². The molecule has 114 valence electrons. The summed E-state index contributed by atoms with van der Waals surface area (Å²) in [5, 5.41) is 0. The van der Waals surface area contributed by atoms with E-state index < -0.39 is 10.0 Å². The number of sulfonamides is 1. The Balaban J connectivity index is 2.35. The normalized spacial score (nSPS) is 12.0. The molecule has 7 heteroatoms. The van der Waals surface area contributed by atoms with Crippen LogP contribution in [0.3, 0.4) is 0 Å². The van der Waals surface area contributed by atoms with Crippen molar-refractivity contribution < 1.29 is 8.42 Å². The molecular weight excluding hydrogens is 328 g/mol. The highest BCUT2D eigenvalue weighted by Gasteiger charge is 2.28. The van der Waals surface area contributed by atoms with Crippen LogP contribution < -0.4 is 0 Å². The summed E-state index contributed by atoms with van der Waals surface area (Å²) in [6.07, 6.45) is 0.748. The quantitative estimate of drug-likeness (QED) is 0.802. The zero-order chi connectivity index (χ0) is 15.5. The van der Waals surface area contributed by atoms with Crippen molar-refractivity contribution >= 4 is 33.0 Å². The first kappa shape index (κ1) is 16.4. The molecule has 1 aromatic heterocycles. The first-order valence-electron chi connectivity index (χ1n) is 6.62. The molecule has 2 aromatic rings. The summed E-state index contributed by atoms with van der Waals surface area (Å²) < 4.78 is 27.6. The summed E-state index contributed by atoms with van der Waals surface area (Å²) in [5.41, 5.74) is 1.42. The molecule has 0 unspecified atom stereocenters. The average Bonchev–Trinajstić information content (AvgIpc) is 2.79. The number of rotatable bonds is 6. The number of thiazole rings is 1. The van der Waals surface area contributed by atoms with Gasteiger partial charge in [-0.2, -0.15) is 4.31 Å². The summed E-state index contributed by atoms with van der Waals surface area (Å²) in [4.78, 5) is 4.01. The number of halogens is 1. The number of aryl methyl sites for hydroxylation is 1. The maximum absolute atomic E-state index is 12.8. The maximum Gasteiger partial charge on any atom is 0.254 e. The molecule has 21 heavy (non-hydrogen) atoms. The van der Waals surface area contributed by atoms with Crippen molar-refractivity contribution in [1.29, 1.82) is 0 Å². The molecule has 0 bridgehead atoms. The van der Waals surface area contributed by atoms with E-state index in [1.807, 2.05) is 37.3 Å². The highest BCUT2D eigenvalue weighted by atomic mass is 35.5. The lowest BCUT2D eigenvalue weighted by atomic mass is 10.2. The molecule has 0 aliphatic carbocycles. The second-order valence-electron chi connectivity index (χ2n) is 4.66. The predicted molar refractivity (Wildman–Crippen MR) is 86.2 cm³/mol. The highest BCUT2D eigenvalue weighted by Crippen LogP contribution is 2.30. The smallest absolute Gasteiger partial charge is 0.229 e. The van der Waals surface area contributed by atoms with Gasteiger partial charge in [-0.15, -0.1) is 0 Å². The van der Waals surface area contributed by atoms with Gasteiger partial charge in [0, 0.05) is 13.1 Å². The minimum Gasteiger partial charge on any atom is -0.229 e. The Morgan fingerprint density at radius 2 is 1.95 bits per heavy atom. The molecule has 0 amide bonds. The van der Waals surface area contributed by atoms with Crippen molar-refractivity contribution in [1.82, 2.24) is 9.29 Å². The monoisotopic (exact) mass is 344 g/mol. The van der Waals surface area contributed by atoms with E-state index in [4.69, 9.17) is 11.6 Å². The van der Waals surface area contributed by atoms with E-state index in [0.29, 0.717) is 18.8 Å². The van der Waals surface area contributed by atoms with Gasteiger partial charge in [0.15, 0.2) is 8.68 Å². The summed E-state index contributed by atoms with van der Waals surface area (Å²) in [6, 6.07) is 9.56. The maximum atomic E-state index is 12.8. The van der Waals surface area contributed by atoms with E-state index in [1.165, 1.54) is 4.31 Å². The highest BCUT2D eigenvalue weighted by molar-refractivity contribution is 7.91. The molecule has 0 aliphatic heterocycles. The average molecular weight is 345 g/mol. The molecule has 4 nitrogen and oxygen atoms in total. The number of hydrogen-bond donors (Lipinski definition) is 0. The fourth-order valence-corrected chi connectivity index (χ4v) is 5.42. The minimum atomic E-state index is -3.57. The Hall–Kier alpha value is -0.950. The van der Waals surface area contributed by atoms with E-state index >= 15 is 0 Å². The largest absolute Gasteiger partial charge is 0.254 e. The van der Waals surface area contributed by atoms with Gasteiger partial charge < -0.3 is 0 Å². The summed E-state index contributed by atoms with van der Waals surface area (Å²) in [5.74, 6) is 0. The van der Waals surface area contributed by atoms with Crippen molar-refractivity contribution in [2.24, 2.45) is 0 Å². The lowest BCUT2D eigenvalue weighted by Gasteiger charge is -2.21. The van der Waals surface area contributed by atoms with Gasteiger partial charge in [-0.05, 0) is 18.9 Å². The van der Waals surface area contributed by atoms with E-state index in [2.05, 4.69) is 4.98 Å². The molecule has 0 atom stereocenters.